The molecule has 6 heteroatoms. The summed E-state index contributed by atoms with van der Waals surface area (Å²) in [6.07, 6.45) is 0.652. The summed E-state index contributed by atoms with van der Waals surface area (Å²) in [5.74, 6) is -1.04. The molecule has 1 aromatic heterocycles. The quantitative estimate of drug-likeness (QED) is 0.619. The van der Waals surface area contributed by atoms with Crippen LogP contribution in [-0.2, 0) is 18.3 Å². The molecular weight excluding hydrogens is 198 g/mol. The van der Waals surface area contributed by atoms with Crippen LogP contribution in [0.15, 0.2) is 4.79 Å². The van der Waals surface area contributed by atoms with E-state index in [1.165, 1.54) is 0 Å². The Kier molecular flexibility index (Phi) is 3.31. The molecule has 0 saturated carbocycles. The number of carbonyl (C=O) groups is 1. The minimum absolute atomic E-state index is 0.174. The standard InChI is InChI=1S/C9H15N3O3/c1-5-6(8(13)11-12(5)2)3-4-7(10)9(14)15/h7H,3-4,10H2,1-2H3,(H,11,13)(H,14,15). The number of carboxylic acids is 1. The first-order valence-corrected chi connectivity index (χ1v) is 4.66. The smallest absolute Gasteiger partial charge is 0.320 e. The number of aryl methyl sites for hydroxylation is 1. The number of nitrogens with one attached hydrogen (secondary N) is 1. The second-order valence-electron chi connectivity index (χ2n) is 3.55. The molecule has 0 aliphatic heterocycles. The second-order valence-corrected chi connectivity index (χ2v) is 3.55. The molecule has 1 rings (SSSR count). The van der Waals surface area contributed by atoms with E-state index in [9.17, 15) is 9.59 Å². The fourth-order valence-corrected chi connectivity index (χ4v) is 1.39. The van der Waals surface area contributed by atoms with Crippen molar-refractivity contribution in [2.75, 3.05) is 0 Å². The third-order valence-electron chi connectivity index (χ3n) is 2.51. The van der Waals surface area contributed by atoms with Crippen LogP contribution in [0.4, 0.5) is 0 Å². The maximum atomic E-state index is 11.4. The van der Waals surface area contributed by atoms with Crippen LogP contribution in [0.5, 0.6) is 0 Å². The van der Waals surface area contributed by atoms with Crippen molar-refractivity contribution in [1.29, 1.82) is 0 Å². The van der Waals surface area contributed by atoms with E-state index in [0.29, 0.717) is 12.0 Å². The van der Waals surface area contributed by atoms with Crippen molar-refractivity contribution in [3.63, 3.8) is 0 Å². The van der Waals surface area contributed by atoms with Crippen molar-refractivity contribution in [2.24, 2.45) is 12.8 Å². The molecule has 1 heterocycles. The lowest BCUT2D eigenvalue weighted by atomic mass is 10.1. The lowest BCUT2D eigenvalue weighted by Crippen LogP contribution is -2.31. The topological polar surface area (TPSA) is 101 Å². The number of rotatable bonds is 4. The van der Waals surface area contributed by atoms with E-state index in [0.717, 1.165) is 5.69 Å². The van der Waals surface area contributed by atoms with Crippen molar-refractivity contribution in [3.05, 3.63) is 21.6 Å². The van der Waals surface area contributed by atoms with Gasteiger partial charge in [-0.15, -0.1) is 0 Å². The van der Waals surface area contributed by atoms with Crippen LogP contribution >= 0.6 is 0 Å². The zero-order chi connectivity index (χ0) is 11.6. The molecule has 0 aliphatic carbocycles. The number of aromatic nitrogens is 2. The fourth-order valence-electron chi connectivity index (χ4n) is 1.39. The van der Waals surface area contributed by atoms with E-state index in [-0.39, 0.29) is 12.0 Å². The number of nitrogens with two attached hydrogens (primary N) is 1. The van der Waals surface area contributed by atoms with Gasteiger partial charge >= 0.3 is 5.97 Å². The molecular formula is C9H15N3O3. The largest absolute Gasteiger partial charge is 0.480 e. The highest BCUT2D eigenvalue weighted by Gasteiger charge is 2.14. The predicted octanol–water partition coefficient (Wildman–Crippen LogP) is -0.634. The highest BCUT2D eigenvalue weighted by atomic mass is 16.4. The Bertz CT molecular complexity index is 419. The summed E-state index contributed by atoms with van der Waals surface area (Å²) in [7, 11) is 1.73. The van der Waals surface area contributed by atoms with Gasteiger partial charge in [0.05, 0.1) is 0 Å². The highest BCUT2D eigenvalue weighted by Crippen LogP contribution is 2.05. The van der Waals surface area contributed by atoms with Crippen LogP contribution in [0.3, 0.4) is 0 Å². The van der Waals surface area contributed by atoms with Crippen LogP contribution in [0.25, 0.3) is 0 Å². The van der Waals surface area contributed by atoms with Gasteiger partial charge in [-0.25, -0.2) is 0 Å². The zero-order valence-electron chi connectivity index (χ0n) is 8.78. The van der Waals surface area contributed by atoms with Crippen LogP contribution in [0.2, 0.25) is 0 Å². The number of carboxylic acid groups (broad SMARTS) is 1. The summed E-state index contributed by atoms with van der Waals surface area (Å²) < 4.78 is 1.62. The van der Waals surface area contributed by atoms with Gasteiger partial charge in [-0.05, 0) is 19.8 Å². The van der Waals surface area contributed by atoms with Crippen molar-refractivity contribution >= 4 is 5.97 Å². The Morgan fingerprint density at radius 3 is 2.67 bits per heavy atom. The molecule has 15 heavy (non-hydrogen) atoms. The van der Waals surface area contributed by atoms with Crippen LogP contribution in [0.1, 0.15) is 17.7 Å². The summed E-state index contributed by atoms with van der Waals surface area (Å²) in [5, 5.41) is 11.2. The Labute approximate surface area is 86.7 Å². The van der Waals surface area contributed by atoms with E-state index in [2.05, 4.69) is 5.10 Å². The number of hydrogen-bond donors (Lipinski definition) is 3. The van der Waals surface area contributed by atoms with E-state index < -0.39 is 12.0 Å². The molecule has 1 aromatic rings. The van der Waals surface area contributed by atoms with Gasteiger partial charge in [-0.3, -0.25) is 19.4 Å². The minimum atomic E-state index is -1.04. The number of aromatic amines is 1. The minimum Gasteiger partial charge on any atom is -0.480 e. The molecule has 84 valence electrons. The predicted molar refractivity (Wildman–Crippen MR) is 54.7 cm³/mol. The van der Waals surface area contributed by atoms with Gasteiger partial charge in [-0.2, -0.15) is 0 Å². The van der Waals surface area contributed by atoms with E-state index in [1.54, 1.807) is 18.7 Å². The Morgan fingerprint density at radius 1 is 1.67 bits per heavy atom. The molecule has 0 fully saturated rings. The highest BCUT2D eigenvalue weighted by molar-refractivity contribution is 5.73. The number of nitrogens with zero attached hydrogens (tertiary/aromatic N) is 1. The third-order valence-corrected chi connectivity index (χ3v) is 2.51. The first kappa shape index (κ1) is 11.5. The molecule has 0 saturated heterocycles. The molecule has 1 atom stereocenters. The molecule has 0 spiro atoms. The van der Waals surface area contributed by atoms with Gasteiger partial charge in [-0.1, -0.05) is 0 Å². The van der Waals surface area contributed by atoms with Crippen LogP contribution in [0, 0.1) is 6.92 Å². The maximum Gasteiger partial charge on any atom is 0.320 e. The third kappa shape index (κ3) is 2.47. The molecule has 6 nitrogen and oxygen atoms in total. The SMILES string of the molecule is Cc1c(CCC(N)C(=O)O)c(=O)[nH]n1C. The first-order valence-electron chi connectivity index (χ1n) is 4.66. The average molecular weight is 213 g/mol. The van der Waals surface area contributed by atoms with Gasteiger partial charge in [0, 0.05) is 18.3 Å². The molecule has 0 bridgehead atoms. The van der Waals surface area contributed by atoms with Crippen molar-refractivity contribution in [2.45, 2.75) is 25.8 Å². The van der Waals surface area contributed by atoms with Crippen molar-refractivity contribution in [1.82, 2.24) is 9.78 Å². The summed E-state index contributed by atoms with van der Waals surface area (Å²) in [5.41, 5.74) is 6.60. The molecule has 0 aromatic carbocycles. The monoisotopic (exact) mass is 213 g/mol. The summed E-state index contributed by atoms with van der Waals surface area (Å²) in [6.45, 7) is 1.81. The lowest BCUT2D eigenvalue weighted by Gasteiger charge is -2.04. The Morgan fingerprint density at radius 2 is 2.27 bits per heavy atom. The van der Waals surface area contributed by atoms with E-state index >= 15 is 0 Å². The van der Waals surface area contributed by atoms with Gasteiger partial charge in [0.2, 0.25) is 0 Å². The Balaban J connectivity index is 2.74. The van der Waals surface area contributed by atoms with Crippen LogP contribution < -0.4 is 11.3 Å². The lowest BCUT2D eigenvalue weighted by molar-refractivity contribution is -0.138. The van der Waals surface area contributed by atoms with Gasteiger partial charge in [0.15, 0.2) is 0 Å². The summed E-state index contributed by atoms with van der Waals surface area (Å²) in [4.78, 5) is 21.9. The van der Waals surface area contributed by atoms with Gasteiger partial charge < -0.3 is 10.8 Å². The summed E-state index contributed by atoms with van der Waals surface area (Å²) in [6, 6.07) is -0.913. The van der Waals surface area contributed by atoms with E-state index in [1.807, 2.05) is 0 Å². The molecule has 1 unspecified atom stereocenters. The number of H-pyrrole nitrogens is 1. The average Bonchev–Trinajstić information content (AvgIpc) is 2.38. The van der Waals surface area contributed by atoms with Gasteiger partial charge in [0.25, 0.3) is 5.56 Å². The van der Waals surface area contributed by atoms with Crippen molar-refractivity contribution in [3.8, 4) is 0 Å². The number of aliphatic carboxylic acids is 1. The van der Waals surface area contributed by atoms with Gasteiger partial charge in [0.1, 0.15) is 6.04 Å². The molecule has 0 radical (unpaired) electrons. The van der Waals surface area contributed by atoms with Crippen molar-refractivity contribution < 1.29 is 9.90 Å². The zero-order valence-corrected chi connectivity index (χ0v) is 8.78. The maximum absolute atomic E-state index is 11.4. The summed E-state index contributed by atoms with van der Waals surface area (Å²) >= 11 is 0. The normalized spacial score (nSPS) is 12.7. The van der Waals surface area contributed by atoms with Crippen LogP contribution in [-0.4, -0.2) is 26.9 Å². The number of hydrogen-bond acceptors (Lipinski definition) is 3. The Hall–Kier alpha value is -1.56. The first-order chi connectivity index (χ1) is 6.93. The second kappa shape index (κ2) is 4.31. The molecule has 0 amide bonds. The molecule has 4 N–H and O–H groups in total. The van der Waals surface area contributed by atoms with E-state index in [4.69, 9.17) is 10.8 Å². The fraction of sp³-hybridized carbons (Fsp3) is 0.556. The molecule has 0 aliphatic rings.